The Bertz CT molecular complexity index is 957. The van der Waals surface area contributed by atoms with E-state index in [1.807, 2.05) is 0 Å². The first-order valence-electron chi connectivity index (χ1n) is 8.74. The summed E-state index contributed by atoms with van der Waals surface area (Å²) in [5, 5.41) is 3.41. The molecule has 1 amide bonds. The van der Waals surface area contributed by atoms with E-state index in [9.17, 15) is 17.6 Å². The third kappa shape index (κ3) is 4.84. The van der Waals surface area contributed by atoms with Gasteiger partial charge in [-0.05, 0) is 31.0 Å². The van der Waals surface area contributed by atoms with Crippen LogP contribution in [0.15, 0.2) is 42.5 Å². The Kier molecular flexibility index (Phi) is 6.60. The van der Waals surface area contributed by atoms with E-state index < -0.39 is 21.6 Å². The lowest BCUT2D eigenvalue weighted by atomic mass is 9.97. The largest absolute Gasteiger partial charge is 0.323 e. The fourth-order valence-corrected chi connectivity index (χ4v) is 5.21. The predicted octanol–water partition coefficient (Wildman–Crippen LogP) is 4.31. The first kappa shape index (κ1) is 21.0. The van der Waals surface area contributed by atoms with E-state index in [4.69, 9.17) is 23.2 Å². The molecule has 2 aromatic rings. The van der Waals surface area contributed by atoms with Crippen LogP contribution in [0.4, 0.5) is 10.1 Å². The molecule has 1 saturated heterocycles. The maximum atomic E-state index is 13.8. The van der Waals surface area contributed by atoms with Gasteiger partial charge >= 0.3 is 0 Å². The first-order chi connectivity index (χ1) is 13.3. The van der Waals surface area contributed by atoms with Crippen molar-refractivity contribution < 1.29 is 17.6 Å². The Labute approximate surface area is 173 Å². The number of amides is 1. The number of nitrogens with zero attached hydrogens (tertiary/aromatic N) is 1. The minimum atomic E-state index is -3.66. The van der Waals surface area contributed by atoms with E-state index in [0.717, 1.165) is 0 Å². The average molecular weight is 445 g/mol. The number of anilines is 1. The number of para-hydroxylation sites is 1. The quantitative estimate of drug-likeness (QED) is 0.746. The number of nitrogens with one attached hydrogen (secondary N) is 1. The molecule has 1 heterocycles. The second-order valence-electron chi connectivity index (χ2n) is 6.61. The number of carbonyl (C=O) groups is 1. The fraction of sp³-hybridized carbons (Fsp3) is 0.316. The van der Waals surface area contributed by atoms with Gasteiger partial charge in [0.05, 0.1) is 21.5 Å². The summed E-state index contributed by atoms with van der Waals surface area (Å²) in [7, 11) is -3.66. The number of carbonyl (C=O) groups excluding carboxylic acids is 1. The van der Waals surface area contributed by atoms with Gasteiger partial charge in [0.1, 0.15) is 5.82 Å². The van der Waals surface area contributed by atoms with Crippen molar-refractivity contribution in [1.82, 2.24) is 4.31 Å². The van der Waals surface area contributed by atoms with E-state index in [-0.39, 0.29) is 30.5 Å². The van der Waals surface area contributed by atoms with Crippen molar-refractivity contribution in [2.75, 3.05) is 18.4 Å². The van der Waals surface area contributed by atoms with E-state index in [2.05, 4.69) is 5.32 Å². The van der Waals surface area contributed by atoms with Crippen LogP contribution in [0.5, 0.6) is 0 Å². The van der Waals surface area contributed by atoms with Crippen LogP contribution in [-0.2, 0) is 20.6 Å². The molecule has 0 unspecified atom stereocenters. The molecule has 0 saturated carbocycles. The summed E-state index contributed by atoms with van der Waals surface area (Å²) in [6, 6.07) is 10.7. The van der Waals surface area contributed by atoms with Crippen LogP contribution >= 0.6 is 23.2 Å². The number of piperidine rings is 1. The topological polar surface area (TPSA) is 66.5 Å². The van der Waals surface area contributed by atoms with Gasteiger partial charge in [-0.2, -0.15) is 0 Å². The monoisotopic (exact) mass is 444 g/mol. The lowest BCUT2D eigenvalue weighted by molar-refractivity contribution is -0.120. The van der Waals surface area contributed by atoms with Gasteiger partial charge in [0.15, 0.2) is 0 Å². The van der Waals surface area contributed by atoms with E-state index in [1.54, 1.807) is 24.3 Å². The molecule has 0 bridgehead atoms. The van der Waals surface area contributed by atoms with Crippen molar-refractivity contribution in [3.8, 4) is 0 Å². The molecule has 1 aliphatic heterocycles. The predicted molar refractivity (Wildman–Crippen MR) is 108 cm³/mol. The van der Waals surface area contributed by atoms with E-state index >= 15 is 0 Å². The van der Waals surface area contributed by atoms with Crippen LogP contribution in [0.25, 0.3) is 0 Å². The Balaban J connectivity index is 1.61. The van der Waals surface area contributed by atoms with Gasteiger partial charge in [0.2, 0.25) is 15.9 Å². The normalized spacial score (nSPS) is 16.1. The summed E-state index contributed by atoms with van der Waals surface area (Å²) < 4.78 is 40.3. The molecule has 1 fully saturated rings. The molecule has 3 rings (SSSR count). The van der Waals surface area contributed by atoms with Gasteiger partial charge in [-0.3, -0.25) is 4.79 Å². The smallest absolute Gasteiger partial charge is 0.227 e. The molecule has 1 N–H and O–H groups in total. The van der Waals surface area contributed by atoms with Crippen molar-refractivity contribution in [3.05, 3.63) is 63.9 Å². The number of hydrogen-bond acceptors (Lipinski definition) is 3. The zero-order valence-electron chi connectivity index (χ0n) is 14.9. The summed E-state index contributed by atoms with van der Waals surface area (Å²) in [4.78, 5) is 12.5. The highest BCUT2D eigenvalue weighted by molar-refractivity contribution is 7.88. The standard InChI is InChI=1S/C19H19Cl2FN2O3S/c20-15-5-3-6-16(21)18(15)23-19(25)13-8-10-24(11-9-13)28(26,27)12-14-4-1-2-7-17(14)22/h1-7,13H,8-12H2,(H,23,25). The van der Waals surface area contributed by atoms with Crippen LogP contribution in [0.1, 0.15) is 18.4 Å². The minimum absolute atomic E-state index is 0.135. The van der Waals surface area contributed by atoms with Crippen LogP contribution in [0.2, 0.25) is 10.0 Å². The number of hydrogen-bond donors (Lipinski definition) is 1. The summed E-state index contributed by atoms with van der Waals surface area (Å²) >= 11 is 12.1. The molecule has 0 radical (unpaired) electrons. The van der Waals surface area contributed by atoms with Crippen molar-refractivity contribution >= 4 is 44.8 Å². The van der Waals surface area contributed by atoms with Crippen molar-refractivity contribution in [2.45, 2.75) is 18.6 Å². The molecule has 9 heteroatoms. The highest BCUT2D eigenvalue weighted by Gasteiger charge is 2.32. The van der Waals surface area contributed by atoms with Gasteiger partial charge in [0.25, 0.3) is 0 Å². The van der Waals surface area contributed by atoms with E-state index in [0.29, 0.717) is 28.6 Å². The number of sulfonamides is 1. The molecule has 0 spiro atoms. The molecule has 1 aliphatic rings. The lowest BCUT2D eigenvalue weighted by Crippen LogP contribution is -2.42. The third-order valence-corrected chi connectivity index (χ3v) is 7.18. The summed E-state index contributed by atoms with van der Waals surface area (Å²) in [5.74, 6) is -1.54. The maximum Gasteiger partial charge on any atom is 0.227 e. The third-order valence-electron chi connectivity index (χ3n) is 4.72. The number of rotatable bonds is 5. The number of halogens is 3. The zero-order chi connectivity index (χ0) is 20.3. The molecule has 0 aliphatic carbocycles. The van der Waals surface area contributed by atoms with Crippen LogP contribution in [0, 0.1) is 11.7 Å². The average Bonchev–Trinajstić information content (AvgIpc) is 2.66. The highest BCUT2D eigenvalue weighted by atomic mass is 35.5. The zero-order valence-corrected chi connectivity index (χ0v) is 17.2. The molecular weight excluding hydrogens is 426 g/mol. The Morgan fingerprint density at radius 1 is 1.07 bits per heavy atom. The van der Waals surface area contributed by atoms with Gasteiger partial charge in [-0.1, -0.05) is 47.5 Å². The minimum Gasteiger partial charge on any atom is -0.323 e. The van der Waals surface area contributed by atoms with Crippen LogP contribution in [0.3, 0.4) is 0 Å². The van der Waals surface area contributed by atoms with Crippen molar-refractivity contribution in [1.29, 1.82) is 0 Å². The second kappa shape index (κ2) is 8.78. The fourth-order valence-electron chi connectivity index (χ4n) is 3.14. The summed E-state index contributed by atoms with van der Waals surface area (Å²) in [6.07, 6.45) is 0.731. The van der Waals surface area contributed by atoms with Gasteiger partial charge < -0.3 is 5.32 Å². The Hall–Kier alpha value is -1.67. The highest BCUT2D eigenvalue weighted by Crippen LogP contribution is 2.31. The lowest BCUT2D eigenvalue weighted by Gasteiger charge is -2.30. The van der Waals surface area contributed by atoms with Gasteiger partial charge in [0, 0.05) is 24.6 Å². The number of benzene rings is 2. The molecule has 2 aromatic carbocycles. The molecule has 150 valence electrons. The second-order valence-corrected chi connectivity index (χ2v) is 9.39. The molecule has 5 nitrogen and oxygen atoms in total. The first-order valence-corrected chi connectivity index (χ1v) is 11.1. The Morgan fingerprint density at radius 2 is 1.68 bits per heavy atom. The molecule has 0 aromatic heterocycles. The van der Waals surface area contributed by atoms with Gasteiger partial charge in [-0.15, -0.1) is 0 Å². The maximum absolute atomic E-state index is 13.8. The Morgan fingerprint density at radius 3 is 2.29 bits per heavy atom. The SMILES string of the molecule is O=C(Nc1c(Cl)cccc1Cl)C1CCN(S(=O)(=O)Cc2ccccc2F)CC1. The van der Waals surface area contributed by atoms with E-state index in [1.165, 1.54) is 22.5 Å². The molecule has 28 heavy (non-hydrogen) atoms. The summed E-state index contributed by atoms with van der Waals surface area (Å²) in [5.41, 5.74) is 0.487. The van der Waals surface area contributed by atoms with Crippen molar-refractivity contribution in [2.24, 2.45) is 5.92 Å². The summed E-state index contributed by atoms with van der Waals surface area (Å²) in [6.45, 7) is 0.399. The van der Waals surface area contributed by atoms with Crippen molar-refractivity contribution in [3.63, 3.8) is 0 Å². The van der Waals surface area contributed by atoms with Gasteiger partial charge in [-0.25, -0.2) is 17.1 Å². The molecular formula is C19H19Cl2FN2O3S. The van der Waals surface area contributed by atoms with Crippen LogP contribution in [-0.4, -0.2) is 31.7 Å². The molecule has 0 atom stereocenters. The van der Waals surface area contributed by atoms with Crippen LogP contribution < -0.4 is 5.32 Å².